The van der Waals surface area contributed by atoms with Gasteiger partial charge in [-0.05, 0) is 42.8 Å². The van der Waals surface area contributed by atoms with Gasteiger partial charge in [0.15, 0.2) is 0 Å². The summed E-state index contributed by atoms with van der Waals surface area (Å²) in [5.74, 6) is -0.486. The van der Waals surface area contributed by atoms with E-state index < -0.39 is 17.8 Å². The number of aryl methyl sites for hydroxylation is 1. The van der Waals surface area contributed by atoms with Crippen LogP contribution in [0, 0.1) is 18.3 Å². The molecule has 1 amide bonds. The zero-order valence-electron chi connectivity index (χ0n) is 13.1. The molecule has 0 aliphatic rings. The molecular weight excluding hydrogens is 387 g/mol. The summed E-state index contributed by atoms with van der Waals surface area (Å²) in [6, 6.07) is 8.53. The zero-order chi connectivity index (χ0) is 19.1. The van der Waals surface area contributed by atoms with Gasteiger partial charge in [0, 0.05) is 11.1 Å². The Morgan fingerprint density at radius 3 is 2.65 bits per heavy atom. The van der Waals surface area contributed by atoms with E-state index in [2.05, 4.69) is 10.3 Å². The first-order chi connectivity index (χ1) is 12.2. The van der Waals surface area contributed by atoms with Crippen molar-refractivity contribution in [2.45, 2.75) is 13.1 Å². The molecule has 9 heteroatoms. The number of pyridine rings is 1. The number of thiophene rings is 1. The predicted octanol–water partition coefficient (Wildman–Crippen LogP) is 5.40. The number of carbonyl (C=O) groups excluding carboxylic acids is 1. The fraction of sp³-hybridized carbons (Fsp3) is 0.118. The van der Waals surface area contributed by atoms with Crippen LogP contribution in [0.4, 0.5) is 18.9 Å². The zero-order valence-corrected chi connectivity index (χ0v) is 14.7. The van der Waals surface area contributed by atoms with E-state index in [1.807, 2.05) is 6.07 Å². The molecule has 0 fully saturated rings. The van der Waals surface area contributed by atoms with Gasteiger partial charge in [-0.2, -0.15) is 18.4 Å². The first-order valence-electron chi connectivity index (χ1n) is 7.19. The Morgan fingerprint density at radius 1 is 1.31 bits per heavy atom. The SMILES string of the molecule is Cc1c(C(=O)Nc2ccc(C#N)c(Cl)c2)sc2nc(C(F)(F)F)ccc12. The molecular formula is C17H9ClF3N3OS. The van der Waals surface area contributed by atoms with Crippen LogP contribution in [0.1, 0.15) is 26.5 Å². The number of fused-ring (bicyclic) bond motifs is 1. The van der Waals surface area contributed by atoms with Crippen LogP contribution < -0.4 is 5.32 Å². The van der Waals surface area contributed by atoms with Gasteiger partial charge in [-0.15, -0.1) is 11.3 Å². The van der Waals surface area contributed by atoms with Crippen LogP contribution >= 0.6 is 22.9 Å². The van der Waals surface area contributed by atoms with Crippen LogP contribution in [0.25, 0.3) is 10.2 Å². The molecule has 3 rings (SSSR count). The Labute approximate surface area is 154 Å². The lowest BCUT2D eigenvalue weighted by atomic mass is 10.1. The van der Waals surface area contributed by atoms with Crippen LogP contribution in [-0.4, -0.2) is 10.9 Å². The third kappa shape index (κ3) is 3.36. The van der Waals surface area contributed by atoms with E-state index in [9.17, 15) is 18.0 Å². The van der Waals surface area contributed by atoms with Crippen LogP contribution in [0.2, 0.25) is 5.02 Å². The minimum atomic E-state index is -4.55. The number of hydrogen-bond donors (Lipinski definition) is 1. The first-order valence-corrected chi connectivity index (χ1v) is 8.38. The summed E-state index contributed by atoms with van der Waals surface area (Å²) in [5.41, 5.74) is 0.187. The van der Waals surface area contributed by atoms with E-state index in [1.165, 1.54) is 24.3 Å². The molecule has 0 bridgehead atoms. The maximum atomic E-state index is 12.8. The molecule has 0 radical (unpaired) electrons. The maximum absolute atomic E-state index is 12.8. The van der Waals surface area contributed by atoms with E-state index in [4.69, 9.17) is 16.9 Å². The highest BCUT2D eigenvalue weighted by Crippen LogP contribution is 2.34. The molecule has 0 unspecified atom stereocenters. The number of benzene rings is 1. The molecule has 0 aliphatic carbocycles. The third-order valence-corrected chi connectivity index (χ3v) is 5.16. The third-order valence-electron chi connectivity index (χ3n) is 3.65. The largest absolute Gasteiger partial charge is 0.433 e. The number of halogens is 4. The van der Waals surface area contributed by atoms with E-state index in [0.29, 0.717) is 16.6 Å². The number of anilines is 1. The number of aromatic nitrogens is 1. The summed E-state index contributed by atoms with van der Waals surface area (Å²) in [6.07, 6.45) is -4.55. The molecule has 0 spiro atoms. The molecule has 4 nitrogen and oxygen atoms in total. The summed E-state index contributed by atoms with van der Waals surface area (Å²) in [4.78, 5) is 16.5. The topological polar surface area (TPSA) is 65.8 Å². The average molecular weight is 396 g/mol. The number of alkyl halides is 3. The number of hydrogen-bond acceptors (Lipinski definition) is 4. The van der Waals surface area contributed by atoms with Crippen molar-refractivity contribution in [2.24, 2.45) is 0 Å². The molecule has 0 atom stereocenters. The number of carbonyl (C=O) groups is 1. The second kappa shape index (κ2) is 6.59. The summed E-state index contributed by atoms with van der Waals surface area (Å²) in [7, 11) is 0. The summed E-state index contributed by atoms with van der Waals surface area (Å²) in [5, 5.41) is 12.2. The fourth-order valence-corrected chi connectivity index (χ4v) is 3.64. The molecule has 2 aromatic heterocycles. The van der Waals surface area contributed by atoms with Crippen LogP contribution in [0.3, 0.4) is 0 Å². The van der Waals surface area contributed by atoms with Crippen molar-refractivity contribution < 1.29 is 18.0 Å². The van der Waals surface area contributed by atoms with Crippen molar-refractivity contribution in [2.75, 3.05) is 5.32 Å². The fourth-order valence-electron chi connectivity index (χ4n) is 2.35. The van der Waals surface area contributed by atoms with Gasteiger partial charge in [0.05, 0.1) is 15.5 Å². The van der Waals surface area contributed by atoms with Gasteiger partial charge >= 0.3 is 6.18 Å². The van der Waals surface area contributed by atoms with Crippen LogP contribution in [0.5, 0.6) is 0 Å². The second-order valence-corrected chi connectivity index (χ2v) is 6.77. The molecule has 26 heavy (non-hydrogen) atoms. The Kier molecular flexibility index (Phi) is 4.61. The van der Waals surface area contributed by atoms with Gasteiger partial charge in [0.2, 0.25) is 0 Å². The summed E-state index contributed by atoms with van der Waals surface area (Å²) in [6.45, 7) is 1.65. The van der Waals surface area contributed by atoms with Crippen LogP contribution in [0.15, 0.2) is 30.3 Å². The monoisotopic (exact) mass is 395 g/mol. The first kappa shape index (κ1) is 18.2. The lowest BCUT2D eigenvalue weighted by Crippen LogP contribution is -2.11. The summed E-state index contributed by atoms with van der Waals surface area (Å²) < 4.78 is 38.4. The van der Waals surface area contributed by atoms with Crippen molar-refractivity contribution in [3.8, 4) is 6.07 Å². The Bertz CT molecular complexity index is 1070. The van der Waals surface area contributed by atoms with Crippen molar-refractivity contribution in [3.63, 3.8) is 0 Å². The van der Waals surface area contributed by atoms with Crippen molar-refractivity contribution in [3.05, 3.63) is 57.1 Å². The Hall–Kier alpha value is -2.63. The minimum Gasteiger partial charge on any atom is -0.321 e. The number of amides is 1. The molecule has 132 valence electrons. The van der Waals surface area contributed by atoms with Gasteiger partial charge < -0.3 is 5.32 Å². The Balaban J connectivity index is 1.94. The molecule has 0 saturated carbocycles. The van der Waals surface area contributed by atoms with Crippen molar-refractivity contribution in [1.29, 1.82) is 5.26 Å². The normalized spacial score (nSPS) is 11.4. The number of rotatable bonds is 2. The summed E-state index contributed by atoms with van der Waals surface area (Å²) >= 11 is 6.81. The van der Waals surface area contributed by atoms with E-state index in [-0.39, 0.29) is 20.3 Å². The predicted molar refractivity (Wildman–Crippen MR) is 93.5 cm³/mol. The molecule has 2 heterocycles. The van der Waals surface area contributed by atoms with Crippen LogP contribution in [-0.2, 0) is 6.18 Å². The second-order valence-electron chi connectivity index (χ2n) is 5.36. The van der Waals surface area contributed by atoms with Crippen molar-refractivity contribution >= 4 is 44.7 Å². The highest BCUT2D eigenvalue weighted by molar-refractivity contribution is 7.20. The maximum Gasteiger partial charge on any atom is 0.433 e. The number of nitrogens with zero attached hydrogens (tertiary/aromatic N) is 2. The minimum absolute atomic E-state index is 0.139. The lowest BCUT2D eigenvalue weighted by molar-refractivity contribution is -0.140. The van der Waals surface area contributed by atoms with E-state index in [1.54, 1.807) is 6.92 Å². The van der Waals surface area contributed by atoms with Gasteiger partial charge in [0.1, 0.15) is 16.6 Å². The van der Waals surface area contributed by atoms with E-state index in [0.717, 1.165) is 17.4 Å². The molecule has 0 aliphatic heterocycles. The quantitative estimate of drug-likeness (QED) is 0.631. The number of nitrogens with one attached hydrogen (secondary N) is 1. The standard InChI is InChI=1S/C17H9ClF3N3OS/c1-8-11-4-5-13(17(19,20)21)24-16(11)26-14(8)15(25)23-10-3-2-9(7-22)12(18)6-10/h2-6H,1H3,(H,23,25). The van der Waals surface area contributed by atoms with E-state index >= 15 is 0 Å². The average Bonchev–Trinajstić information content (AvgIpc) is 2.91. The molecule has 1 N–H and O–H groups in total. The highest BCUT2D eigenvalue weighted by Gasteiger charge is 2.33. The van der Waals surface area contributed by atoms with Gasteiger partial charge in [-0.1, -0.05) is 11.6 Å². The molecule has 3 aromatic rings. The molecule has 0 saturated heterocycles. The van der Waals surface area contributed by atoms with Gasteiger partial charge in [-0.3, -0.25) is 4.79 Å². The Morgan fingerprint density at radius 2 is 2.04 bits per heavy atom. The smallest absolute Gasteiger partial charge is 0.321 e. The van der Waals surface area contributed by atoms with Crippen molar-refractivity contribution in [1.82, 2.24) is 4.98 Å². The lowest BCUT2D eigenvalue weighted by Gasteiger charge is -2.05. The highest BCUT2D eigenvalue weighted by atomic mass is 35.5. The van der Waals surface area contributed by atoms with Gasteiger partial charge in [-0.25, -0.2) is 4.98 Å². The van der Waals surface area contributed by atoms with Gasteiger partial charge in [0.25, 0.3) is 5.91 Å². The number of nitriles is 1. The molecule has 1 aromatic carbocycles.